The van der Waals surface area contributed by atoms with Crippen molar-refractivity contribution in [1.82, 2.24) is 0 Å². The Morgan fingerprint density at radius 3 is 2.24 bits per heavy atom. The number of carbonyl (C=O) groups is 3. The van der Waals surface area contributed by atoms with Crippen LogP contribution in [0, 0.1) is 0 Å². The quantitative estimate of drug-likeness (QED) is 0.193. The van der Waals surface area contributed by atoms with Crippen LogP contribution in [0.15, 0.2) is 69.6 Å². The zero-order valence-corrected chi connectivity index (χ0v) is 21.5. The van der Waals surface area contributed by atoms with Crippen LogP contribution in [0.3, 0.4) is 0 Å². The number of amides is 1. The summed E-state index contributed by atoms with van der Waals surface area (Å²) in [4.78, 5) is 35.5. The van der Waals surface area contributed by atoms with Crippen molar-refractivity contribution in [1.29, 1.82) is 0 Å². The van der Waals surface area contributed by atoms with E-state index in [-0.39, 0.29) is 23.2 Å². The van der Waals surface area contributed by atoms with E-state index in [0.29, 0.717) is 32.4 Å². The number of phenolic OH excluding ortho intramolecular Hbond substituents is 1. The van der Waals surface area contributed by atoms with Crippen LogP contribution in [0.1, 0.15) is 35.2 Å². The number of esters is 1. The molecule has 2 N–H and O–H groups in total. The van der Waals surface area contributed by atoms with Gasteiger partial charge in [-0.2, -0.15) is 0 Å². The van der Waals surface area contributed by atoms with Crippen molar-refractivity contribution in [3.8, 4) is 17.2 Å². The molecule has 3 aromatic rings. The molecule has 0 saturated heterocycles. The van der Waals surface area contributed by atoms with Gasteiger partial charge in [-0.1, -0.05) is 43.3 Å². The molecule has 0 aliphatic carbocycles. The molecule has 3 aromatic carbocycles. The smallest absolute Gasteiger partial charge is 0.396 e. The number of phenols is 1. The Labute approximate surface area is 213 Å². The van der Waals surface area contributed by atoms with E-state index in [2.05, 4.69) is 41.9 Å². The van der Waals surface area contributed by atoms with Crippen molar-refractivity contribution in [2.45, 2.75) is 19.3 Å². The highest BCUT2D eigenvalue weighted by Crippen LogP contribution is 2.42. The molecule has 34 heavy (non-hydrogen) atoms. The minimum absolute atomic E-state index is 0.0279. The number of methoxy groups -OCH3 is 1. The van der Waals surface area contributed by atoms with Crippen LogP contribution in [-0.4, -0.2) is 29.9 Å². The highest BCUT2D eigenvalue weighted by Gasteiger charge is 2.19. The number of hydrogen-bond donors (Lipinski definition) is 2. The maximum atomic E-state index is 12.5. The molecule has 1 unspecified atom stereocenters. The summed E-state index contributed by atoms with van der Waals surface area (Å²) in [7, 11) is 1.12. The first kappa shape index (κ1) is 25.5. The van der Waals surface area contributed by atoms with Gasteiger partial charge in [0, 0.05) is 17.7 Å². The first-order valence-corrected chi connectivity index (χ1v) is 11.8. The van der Waals surface area contributed by atoms with Crippen molar-refractivity contribution < 1.29 is 29.0 Å². The summed E-state index contributed by atoms with van der Waals surface area (Å²) < 4.78 is 11.2. The lowest BCUT2D eigenvalue weighted by molar-refractivity contribution is -0.150. The molecule has 0 bridgehead atoms. The zero-order chi connectivity index (χ0) is 24.8. The van der Waals surface area contributed by atoms with Crippen molar-refractivity contribution in [3.63, 3.8) is 0 Å². The monoisotopic (exact) mass is 589 g/mol. The normalized spacial score (nSPS) is 11.4. The predicted molar refractivity (Wildman–Crippen MR) is 134 cm³/mol. The van der Waals surface area contributed by atoms with Gasteiger partial charge < -0.3 is 19.9 Å². The third-order valence-corrected chi connectivity index (χ3v) is 6.16. The van der Waals surface area contributed by atoms with E-state index < -0.39 is 11.9 Å². The molecule has 7 nitrogen and oxygen atoms in total. The fourth-order valence-electron chi connectivity index (χ4n) is 3.18. The highest BCUT2D eigenvalue weighted by atomic mass is 79.9. The van der Waals surface area contributed by atoms with Crippen molar-refractivity contribution >= 4 is 55.2 Å². The number of benzene rings is 3. The molecule has 0 aromatic heterocycles. The Morgan fingerprint density at radius 1 is 1.00 bits per heavy atom. The fraction of sp³-hybridized carbons (Fsp3) is 0.160. The third-order valence-electron chi connectivity index (χ3n) is 4.98. The number of ether oxygens (including phenoxy) is 2. The minimum atomic E-state index is -1.02. The summed E-state index contributed by atoms with van der Waals surface area (Å²) in [5.74, 6) is -1.53. The number of Topliss-reactive ketones (excluding diaryl/α,β-unsaturated/α-hetero) is 1. The van der Waals surface area contributed by atoms with Gasteiger partial charge in [0.2, 0.25) is 0 Å². The lowest BCUT2D eigenvalue weighted by atomic mass is 9.93. The number of aromatic hydroxyl groups is 1. The second-order valence-electron chi connectivity index (χ2n) is 7.44. The van der Waals surface area contributed by atoms with Crippen LogP contribution in [-0.2, 0) is 14.3 Å². The van der Waals surface area contributed by atoms with E-state index in [4.69, 9.17) is 4.74 Å². The first-order valence-electron chi connectivity index (χ1n) is 10.2. The second kappa shape index (κ2) is 11.3. The molecule has 1 amide bonds. The number of halogens is 2. The number of carbonyl (C=O) groups excluding carboxylic acids is 3. The van der Waals surface area contributed by atoms with E-state index >= 15 is 0 Å². The van der Waals surface area contributed by atoms with E-state index in [1.54, 1.807) is 42.5 Å². The molecule has 0 saturated carbocycles. The van der Waals surface area contributed by atoms with E-state index in [1.807, 2.05) is 25.1 Å². The minimum Gasteiger partial charge on any atom is -0.504 e. The van der Waals surface area contributed by atoms with E-state index in [1.165, 1.54) is 0 Å². The van der Waals surface area contributed by atoms with Crippen LogP contribution in [0.5, 0.6) is 17.2 Å². The molecule has 0 fully saturated rings. The topological polar surface area (TPSA) is 102 Å². The molecular weight excluding hydrogens is 570 g/mol. The van der Waals surface area contributed by atoms with Crippen LogP contribution in [0.2, 0.25) is 0 Å². The van der Waals surface area contributed by atoms with Gasteiger partial charge >= 0.3 is 11.9 Å². The SMILES string of the molecule is COC(=O)C(=O)Nc1cc(Br)c(Oc2ccc(C(C)CC(=O)c3ccccc3)cc2O)c(Br)c1. The second-order valence-corrected chi connectivity index (χ2v) is 9.15. The first-order chi connectivity index (χ1) is 16.2. The van der Waals surface area contributed by atoms with Gasteiger partial charge in [0.15, 0.2) is 23.0 Å². The maximum absolute atomic E-state index is 12.5. The van der Waals surface area contributed by atoms with Gasteiger partial charge in [-0.15, -0.1) is 0 Å². The number of hydrogen-bond acceptors (Lipinski definition) is 6. The van der Waals surface area contributed by atoms with Gasteiger partial charge in [-0.05, 0) is 67.6 Å². The van der Waals surface area contributed by atoms with Crippen LogP contribution >= 0.6 is 31.9 Å². The largest absolute Gasteiger partial charge is 0.504 e. The molecular formula is C25H21Br2NO6. The number of rotatable bonds is 7. The van der Waals surface area contributed by atoms with Crippen molar-refractivity contribution in [2.75, 3.05) is 12.4 Å². The molecule has 176 valence electrons. The van der Waals surface area contributed by atoms with Gasteiger partial charge in [-0.25, -0.2) is 4.79 Å². The Bertz CT molecular complexity index is 1210. The molecule has 0 aliphatic heterocycles. The fourth-order valence-corrected chi connectivity index (χ4v) is 4.53. The van der Waals surface area contributed by atoms with Crippen LogP contribution in [0.25, 0.3) is 0 Å². The Balaban J connectivity index is 1.73. The molecule has 1 atom stereocenters. The predicted octanol–water partition coefficient (Wildman–Crippen LogP) is 6.20. The summed E-state index contributed by atoms with van der Waals surface area (Å²) in [6, 6.07) is 17.2. The summed E-state index contributed by atoms with van der Waals surface area (Å²) in [6.45, 7) is 1.92. The van der Waals surface area contributed by atoms with E-state index in [0.717, 1.165) is 12.7 Å². The highest BCUT2D eigenvalue weighted by molar-refractivity contribution is 9.11. The summed E-state index contributed by atoms with van der Waals surface area (Å²) in [5, 5.41) is 13.0. The van der Waals surface area contributed by atoms with Crippen LogP contribution < -0.4 is 10.1 Å². The lowest BCUT2D eigenvalue weighted by Crippen LogP contribution is -2.23. The molecule has 0 radical (unpaired) electrons. The van der Waals surface area contributed by atoms with Gasteiger partial charge in [0.1, 0.15) is 0 Å². The summed E-state index contributed by atoms with van der Waals surface area (Å²) >= 11 is 6.74. The third kappa shape index (κ3) is 6.24. The standard InChI is InChI=1S/C25H21Br2NO6/c1-14(10-20(29)15-6-4-3-5-7-15)16-8-9-22(21(30)11-16)34-23-18(26)12-17(13-19(23)27)28-24(31)25(32)33-2/h3-9,11-14,30H,10H2,1-2H3,(H,28,31). The van der Waals surface area contributed by atoms with Gasteiger partial charge in [0.05, 0.1) is 16.1 Å². The molecule has 0 aliphatic rings. The average Bonchev–Trinajstić information content (AvgIpc) is 2.82. The summed E-state index contributed by atoms with van der Waals surface area (Å²) in [5.41, 5.74) is 1.78. The lowest BCUT2D eigenvalue weighted by Gasteiger charge is -2.16. The number of nitrogens with one attached hydrogen (secondary N) is 1. The van der Waals surface area contributed by atoms with Crippen molar-refractivity contribution in [2.24, 2.45) is 0 Å². The molecule has 0 spiro atoms. The maximum Gasteiger partial charge on any atom is 0.396 e. The summed E-state index contributed by atoms with van der Waals surface area (Å²) in [6.07, 6.45) is 0.305. The van der Waals surface area contributed by atoms with Crippen LogP contribution in [0.4, 0.5) is 5.69 Å². The van der Waals surface area contributed by atoms with Gasteiger partial charge in [0.25, 0.3) is 0 Å². The Kier molecular flexibility index (Phi) is 8.46. The molecule has 0 heterocycles. The Morgan fingerprint density at radius 2 is 1.65 bits per heavy atom. The zero-order valence-electron chi connectivity index (χ0n) is 18.3. The number of ketones is 1. The Hall–Kier alpha value is -3.17. The number of anilines is 1. The average molecular weight is 591 g/mol. The molecule has 3 rings (SSSR count). The van der Waals surface area contributed by atoms with Crippen molar-refractivity contribution in [3.05, 3.63) is 80.7 Å². The van der Waals surface area contributed by atoms with Gasteiger partial charge in [-0.3, -0.25) is 9.59 Å². The molecule has 9 heteroatoms. The van der Waals surface area contributed by atoms with E-state index in [9.17, 15) is 19.5 Å².